The second-order valence-electron chi connectivity index (χ2n) is 10.6. The van der Waals surface area contributed by atoms with Crippen molar-refractivity contribution in [2.75, 3.05) is 6.54 Å². The summed E-state index contributed by atoms with van der Waals surface area (Å²) < 4.78 is 0. The van der Waals surface area contributed by atoms with Crippen LogP contribution in [0.15, 0.2) is 59.7 Å². The van der Waals surface area contributed by atoms with Crippen molar-refractivity contribution in [2.45, 2.75) is 56.3 Å². The minimum atomic E-state index is -1.46. The van der Waals surface area contributed by atoms with E-state index in [0.717, 1.165) is 10.9 Å². The number of H-pyrrole nitrogens is 1. The molecule has 0 radical (unpaired) electrons. The first-order valence-corrected chi connectivity index (χ1v) is 14.3. The van der Waals surface area contributed by atoms with Gasteiger partial charge in [-0.2, -0.15) is 0 Å². The van der Waals surface area contributed by atoms with Crippen molar-refractivity contribution in [3.63, 3.8) is 0 Å². The van der Waals surface area contributed by atoms with E-state index in [1.165, 1.54) is 24.3 Å². The number of carbonyl (C=O) groups is 5. The lowest BCUT2D eigenvalue weighted by atomic mass is 10.0. The predicted octanol–water partition coefficient (Wildman–Crippen LogP) is -0.947. The smallest absolute Gasteiger partial charge is 0.326 e. The molecule has 16 heteroatoms. The fourth-order valence-corrected chi connectivity index (χ4v) is 4.67. The van der Waals surface area contributed by atoms with Gasteiger partial charge in [-0.15, -0.1) is 0 Å². The number of nitrogens with two attached hydrogens (primary N) is 3. The molecular formula is C30H38N8O8. The minimum Gasteiger partial charge on any atom is -0.508 e. The zero-order chi connectivity index (χ0) is 33.8. The number of guanidine groups is 1. The van der Waals surface area contributed by atoms with Crippen LogP contribution in [0.5, 0.6) is 5.75 Å². The van der Waals surface area contributed by atoms with E-state index in [0.29, 0.717) is 11.1 Å². The van der Waals surface area contributed by atoms with Gasteiger partial charge in [-0.05, 0) is 42.2 Å². The van der Waals surface area contributed by atoms with E-state index in [2.05, 4.69) is 25.9 Å². The van der Waals surface area contributed by atoms with Gasteiger partial charge in [0.2, 0.25) is 17.7 Å². The largest absolute Gasteiger partial charge is 0.508 e. The van der Waals surface area contributed by atoms with Crippen LogP contribution < -0.4 is 33.2 Å². The number of para-hydroxylation sites is 1. The lowest BCUT2D eigenvalue weighted by Gasteiger charge is -2.25. The maximum atomic E-state index is 13.6. The third-order valence-corrected chi connectivity index (χ3v) is 7.03. The molecule has 2 aromatic carbocycles. The van der Waals surface area contributed by atoms with Gasteiger partial charge in [0.25, 0.3) is 0 Å². The number of carboxylic acids is 2. The molecule has 0 aliphatic carbocycles. The number of fused-ring (bicyclic) bond motifs is 1. The van der Waals surface area contributed by atoms with Crippen molar-refractivity contribution in [1.29, 1.82) is 0 Å². The monoisotopic (exact) mass is 638 g/mol. The number of aromatic hydroxyl groups is 1. The maximum Gasteiger partial charge on any atom is 0.326 e. The number of carbonyl (C=O) groups excluding carboxylic acids is 3. The Hall–Kier alpha value is -5.64. The maximum absolute atomic E-state index is 13.6. The average molecular weight is 639 g/mol. The first kappa shape index (κ1) is 34.8. The topological polar surface area (TPSA) is 288 Å². The summed E-state index contributed by atoms with van der Waals surface area (Å²) in [5.41, 5.74) is 18.4. The second-order valence-corrected chi connectivity index (χ2v) is 10.6. The highest BCUT2D eigenvalue weighted by atomic mass is 16.4. The summed E-state index contributed by atoms with van der Waals surface area (Å²) in [7, 11) is 0. The van der Waals surface area contributed by atoms with Crippen LogP contribution in [0, 0.1) is 0 Å². The molecular weight excluding hydrogens is 600 g/mol. The number of rotatable bonds is 17. The molecule has 0 fully saturated rings. The molecule has 3 aromatic rings. The summed E-state index contributed by atoms with van der Waals surface area (Å²) >= 11 is 0. The molecule has 1 heterocycles. The fourth-order valence-electron chi connectivity index (χ4n) is 4.67. The van der Waals surface area contributed by atoms with E-state index >= 15 is 0 Å². The van der Waals surface area contributed by atoms with Gasteiger partial charge in [0, 0.05) is 36.5 Å². The van der Waals surface area contributed by atoms with Gasteiger partial charge >= 0.3 is 11.9 Å². The molecule has 3 amide bonds. The molecule has 1 aromatic heterocycles. The van der Waals surface area contributed by atoms with Crippen molar-refractivity contribution < 1.29 is 39.3 Å². The molecule has 0 saturated carbocycles. The highest BCUT2D eigenvalue weighted by Gasteiger charge is 2.31. The van der Waals surface area contributed by atoms with E-state index < -0.39 is 60.2 Å². The summed E-state index contributed by atoms with van der Waals surface area (Å²) in [5, 5.41) is 36.9. The van der Waals surface area contributed by atoms with Crippen LogP contribution in [-0.4, -0.2) is 86.6 Å². The van der Waals surface area contributed by atoms with Gasteiger partial charge in [-0.3, -0.25) is 24.2 Å². The Morgan fingerprint density at radius 1 is 0.826 bits per heavy atom. The number of nitrogens with one attached hydrogen (secondary N) is 4. The van der Waals surface area contributed by atoms with Crippen molar-refractivity contribution in [2.24, 2.45) is 22.2 Å². The van der Waals surface area contributed by atoms with Crippen molar-refractivity contribution >= 4 is 46.5 Å². The van der Waals surface area contributed by atoms with Crippen LogP contribution in [-0.2, 0) is 36.8 Å². The standard InChI is InChI=1S/C30H38N8O8/c31-20(14-25(40)41)26(42)36-22(6-3-11-34-30(32)33)27(43)37-23(12-16-7-9-18(39)10-8-16)28(44)38-24(29(45)46)13-17-15-35-21-5-2-1-4-19(17)21/h1-2,4-5,7-10,15,20,22-24,35,39H,3,6,11-14,31H2,(H,36,42)(H,37,43)(H,38,44)(H,40,41)(H,45,46)(H4,32,33,34). The van der Waals surface area contributed by atoms with Crippen LogP contribution in [0.3, 0.4) is 0 Å². The van der Waals surface area contributed by atoms with Gasteiger partial charge < -0.3 is 53.5 Å². The first-order chi connectivity index (χ1) is 21.8. The van der Waals surface area contributed by atoms with Crippen molar-refractivity contribution in [1.82, 2.24) is 20.9 Å². The molecule has 4 unspecified atom stereocenters. The van der Waals surface area contributed by atoms with Crippen LogP contribution in [0.1, 0.15) is 30.4 Å². The number of phenols is 1. The Morgan fingerprint density at radius 3 is 2.11 bits per heavy atom. The summed E-state index contributed by atoms with van der Waals surface area (Å²) in [6.45, 7) is 0.106. The minimum absolute atomic E-state index is 0.0139. The number of aromatic nitrogens is 1. The molecule has 0 aliphatic rings. The first-order valence-electron chi connectivity index (χ1n) is 14.3. The van der Waals surface area contributed by atoms with E-state index in [9.17, 15) is 34.2 Å². The number of aromatic amines is 1. The van der Waals surface area contributed by atoms with Crippen LogP contribution in [0.2, 0.25) is 0 Å². The van der Waals surface area contributed by atoms with Gasteiger partial charge in [0.1, 0.15) is 23.9 Å². The SMILES string of the molecule is NC(N)=NCCCC(NC(=O)C(N)CC(=O)O)C(=O)NC(Cc1ccc(O)cc1)C(=O)NC(Cc1c[nH]c2ccccc12)C(=O)O. The van der Waals surface area contributed by atoms with E-state index in [1.54, 1.807) is 12.3 Å². The molecule has 3 rings (SSSR count). The Kier molecular flexibility index (Phi) is 12.5. The van der Waals surface area contributed by atoms with Crippen molar-refractivity contribution in [3.8, 4) is 5.75 Å². The fraction of sp³-hybridized carbons (Fsp3) is 0.333. The Bertz CT molecular complexity index is 1570. The zero-order valence-electron chi connectivity index (χ0n) is 24.8. The summed E-state index contributed by atoms with van der Waals surface area (Å²) in [5.74, 6) is -5.37. The molecule has 46 heavy (non-hydrogen) atoms. The Labute approximate surface area is 263 Å². The van der Waals surface area contributed by atoms with Gasteiger partial charge in [0.15, 0.2) is 5.96 Å². The zero-order valence-corrected chi connectivity index (χ0v) is 24.8. The highest BCUT2D eigenvalue weighted by Crippen LogP contribution is 2.19. The number of benzene rings is 2. The van der Waals surface area contributed by atoms with Gasteiger partial charge in [-0.25, -0.2) is 4.79 Å². The number of carboxylic acid groups (broad SMARTS) is 2. The lowest BCUT2D eigenvalue weighted by molar-refractivity contribution is -0.142. The van der Waals surface area contributed by atoms with E-state index in [1.807, 2.05) is 18.2 Å². The van der Waals surface area contributed by atoms with Gasteiger partial charge in [0.05, 0.1) is 12.5 Å². The predicted molar refractivity (Wildman–Crippen MR) is 167 cm³/mol. The Balaban J connectivity index is 1.84. The molecule has 0 spiro atoms. The number of amides is 3. The van der Waals surface area contributed by atoms with E-state index in [-0.39, 0.29) is 43.9 Å². The lowest BCUT2D eigenvalue weighted by Crippen LogP contribution is -2.58. The van der Waals surface area contributed by atoms with Crippen LogP contribution >= 0.6 is 0 Å². The Morgan fingerprint density at radius 2 is 1.46 bits per heavy atom. The number of hydrogen-bond donors (Lipinski definition) is 10. The number of hydrogen-bond acceptors (Lipinski definition) is 8. The number of aliphatic imine (C=N–C) groups is 1. The van der Waals surface area contributed by atoms with Crippen molar-refractivity contribution in [3.05, 3.63) is 65.9 Å². The third kappa shape index (κ3) is 10.5. The van der Waals surface area contributed by atoms with Crippen LogP contribution in [0.25, 0.3) is 10.9 Å². The average Bonchev–Trinajstić information content (AvgIpc) is 3.41. The van der Waals surface area contributed by atoms with E-state index in [4.69, 9.17) is 22.3 Å². The number of aliphatic carboxylic acids is 2. The molecule has 0 saturated heterocycles. The quantitative estimate of drug-likeness (QED) is 0.0488. The molecule has 16 nitrogen and oxygen atoms in total. The molecule has 0 bridgehead atoms. The molecule has 13 N–H and O–H groups in total. The third-order valence-electron chi connectivity index (χ3n) is 7.03. The molecule has 246 valence electrons. The van der Waals surface area contributed by atoms with Crippen LogP contribution in [0.4, 0.5) is 0 Å². The summed E-state index contributed by atoms with van der Waals surface area (Å²) in [4.78, 5) is 69.9. The molecule has 0 aliphatic heterocycles. The van der Waals surface area contributed by atoms with Gasteiger partial charge in [-0.1, -0.05) is 30.3 Å². The summed E-state index contributed by atoms with van der Waals surface area (Å²) in [6, 6.07) is 7.69. The normalized spacial score (nSPS) is 13.5. The molecule has 4 atom stereocenters. The number of phenolic OH excluding ortho intramolecular Hbond substituents is 1. The number of nitrogens with zero attached hydrogens (tertiary/aromatic N) is 1. The second kappa shape index (κ2) is 16.4. The summed E-state index contributed by atoms with van der Waals surface area (Å²) in [6.07, 6.45) is 1.01. The highest BCUT2D eigenvalue weighted by molar-refractivity contribution is 5.95.